The summed E-state index contributed by atoms with van der Waals surface area (Å²) >= 11 is 0. The summed E-state index contributed by atoms with van der Waals surface area (Å²) in [4.78, 5) is 26.0. The Morgan fingerprint density at radius 3 is 2.73 bits per heavy atom. The van der Waals surface area contributed by atoms with E-state index in [0.29, 0.717) is 18.3 Å². The first kappa shape index (κ1) is 18.4. The van der Waals surface area contributed by atoms with E-state index in [1.807, 2.05) is 38.1 Å². The van der Waals surface area contributed by atoms with E-state index in [1.165, 1.54) is 19.3 Å². The lowest BCUT2D eigenvalue weighted by Crippen LogP contribution is -2.40. The SMILES string of the molecule is CCC1CCCCN1c1cnc(C(=O)N(CC)c2cccc(C)c2)cn1. The highest BCUT2D eigenvalue weighted by Crippen LogP contribution is 2.25. The number of piperidine rings is 1. The number of carbonyl (C=O) groups excluding carboxylic acids is 1. The smallest absolute Gasteiger partial charge is 0.278 e. The third-order valence-corrected chi connectivity index (χ3v) is 5.12. The Bertz CT molecular complexity index is 744. The maximum atomic E-state index is 12.9. The summed E-state index contributed by atoms with van der Waals surface area (Å²) in [6.45, 7) is 7.83. The number of hydrogen-bond donors (Lipinski definition) is 0. The van der Waals surface area contributed by atoms with Crippen molar-refractivity contribution in [1.82, 2.24) is 9.97 Å². The van der Waals surface area contributed by atoms with Crippen LogP contribution < -0.4 is 9.80 Å². The number of rotatable bonds is 5. The molecule has 138 valence electrons. The standard InChI is InChI=1S/C21H28N4O/c1-4-17-10-6-7-12-25(17)20-15-22-19(14-23-20)21(26)24(5-2)18-11-8-9-16(3)13-18/h8-9,11,13-15,17H,4-7,10,12H2,1-3H3. The van der Waals surface area contributed by atoms with Crippen LogP contribution in [0.3, 0.4) is 0 Å². The number of nitrogens with zero attached hydrogens (tertiary/aromatic N) is 4. The molecule has 1 atom stereocenters. The number of aryl methyl sites for hydroxylation is 1. The van der Waals surface area contributed by atoms with Crippen molar-refractivity contribution in [1.29, 1.82) is 0 Å². The second-order valence-corrected chi connectivity index (χ2v) is 6.90. The van der Waals surface area contributed by atoms with E-state index in [9.17, 15) is 4.79 Å². The first-order valence-electron chi connectivity index (χ1n) is 9.61. The summed E-state index contributed by atoms with van der Waals surface area (Å²) in [7, 11) is 0. The van der Waals surface area contributed by atoms with E-state index in [4.69, 9.17) is 0 Å². The summed E-state index contributed by atoms with van der Waals surface area (Å²) in [5.74, 6) is 0.773. The number of benzene rings is 1. The Morgan fingerprint density at radius 2 is 2.08 bits per heavy atom. The molecule has 1 aliphatic rings. The monoisotopic (exact) mass is 352 g/mol. The van der Waals surface area contributed by atoms with Crippen LogP contribution in [0.1, 0.15) is 55.6 Å². The molecule has 5 nitrogen and oxygen atoms in total. The fourth-order valence-corrected chi connectivity index (χ4v) is 3.68. The summed E-state index contributed by atoms with van der Waals surface area (Å²) in [5, 5.41) is 0. The minimum atomic E-state index is -0.108. The van der Waals surface area contributed by atoms with E-state index >= 15 is 0 Å². The van der Waals surface area contributed by atoms with Crippen molar-refractivity contribution in [3.05, 3.63) is 47.9 Å². The van der Waals surface area contributed by atoms with Gasteiger partial charge in [-0.3, -0.25) is 4.79 Å². The number of amides is 1. The fraction of sp³-hybridized carbons (Fsp3) is 0.476. The van der Waals surface area contributed by atoms with Crippen molar-refractivity contribution in [2.75, 3.05) is 22.9 Å². The number of carbonyl (C=O) groups is 1. The molecule has 2 heterocycles. The molecule has 1 fully saturated rings. The van der Waals surface area contributed by atoms with Gasteiger partial charge < -0.3 is 9.80 Å². The predicted octanol–water partition coefficient (Wildman–Crippen LogP) is 4.22. The van der Waals surface area contributed by atoms with Crippen LogP contribution in [-0.4, -0.2) is 35.0 Å². The Balaban J connectivity index is 1.79. The van der Waals surface area contributed by atoms with Gasteiger partial charge in [0.15, 0.2) is 0 Å². The van der Waals surface area contributed by atoms with Crippen LogP contribution in [0.25, 0.3) is 0 Å². The molecule has 1 aliphatic heterocycles. The number of aromatic nitrogens is 2. The summed E-state index contributed by atoms with van der Waals surface area (Å²) in [5.41, 5.74) is 2.42. The highest BCUT2D eigenvalue weighted by molar-refractivity contribution is 6.04. The molecular formula is C21H28N4O. The minimum absolute atomic E-state index is 0.108. The highest BCUT2D eigenvalue weighted by atomic mass is 16.2. The third-order valence-electron chi connectivity index (χ3n) is 5.12. The lowest BCUT2D eigenvalue weighted by Gasteiger charge is -2.36. The van der Waals surface area contributed by atoms with Gasteiger partial charge in [0.2, 0.25) is 0 Å². The van der Waals surface area contributed by atoms with Crippen molar-refractivity contribution in [2.45, 2.75) is 52.5 Å². The third kappa shape index (κ3) is 3.87. The van der Waals surface area contributed by atoms with E-state index < -0.39 is 0 Å². The minimum Gasteiger partial charge on any atom is -0.352 e. The average Bonchev–Trinajstić information content (AvgIpc) is 2.68. The average molecular weight is 352 g/mol. The predicted molar refractivity (Wildman–Crippen MR) is 106 cm³/mol. The summed E-state index contributed by atoms with van der Waals surface area (Å²) < 4.78 is 0. The number of anilines is 2. The van der Waals surface area contributed by atoms with Gasteiger partial charge in [0.05, 0.1) is 12.4 Å². The van der Waals surface area contributed by atoms with Crippen molar-refractivity contribution < 1.29 is 4.79 Å². The molecular weight excluding hydrogens is 324 g/mol. The first-order chi connectivity index (χ1) is 12.6. The topological polar surface area (TPSA) is 49.3 Å². The molecule has 0 radical (unpaired) electrons. The molecule has 26 heavy (non-hydrogen) atoms. The van der Waals surface area contributed by atoms with Gasteiger partial charge in [0.1, 0.15) is 11.5 Å². The maximum absolute atomic E-state index is 12.9. The molecule has 2 aromatic rings. The first-order valence-corrected chi connectivity index (χ1v) is 9.61. The van der Waals surface area contributed by atoms with Crippen molar-refractivity contribution >= 4 is 17.4 Å². The van der Waals surface area contributed by atoms with Gasteiger partial charge in [0, 0.05) is 24.8 Å². The van der Waals surface area contributed by atoms with E-state index in [1.54, 1.807) is 17.3 Å². The van der Waals surface area contributed by atoms with Gasteiger partial charge in [-0.2, -0.15) is 0 Å². The molecule has 0 aliphatic carbocycles. The Hall–Kier alpha value is -2.43. The lowest BCUT2D eigenvalue weighted by molar-refractivity contribution is 0.0983. The molecule has 5 heteroatoms. The van der Waals surface area contributed by atoms with E-state index in [-0.39, 0.29) is 5.91 Å². The maximum Gasteiger partial charge on any atom is 0.278 e. The van der Waals surface area contributed by atoms with Crippen LogP contribution in [-0.2, 0) is 0 Å². The Labute approximate surface area is 156 Å². The largest absolute Gasteiger partial charge is 0.352 e. The summed E-state index contributed by atoms with van der Waals surface area (Å²) in [6.07, 6.45) is 8.16. The molecule has 1 aromatic heterocycles. The Kier molecular flexibility index (Phi) is 5.86. The van der Waals surface area contributed by atoms with E-state index in [2.05, 4.69) is 21.8 Å². The highest BCUT2D eigenvalue weighted by Gasteiger charge is 2.23. The van der Waals surface area contributed by atoms with Crippen LogP contribution in [0.4, 0.5) is 11.5 Å². The normalized spacial score (nSPS) is 17.2. The molecule has 1 amide bonds. The fourth-order valence-electron chi connectivity index (χ4n) is 3.68. The van der Waals surface area contributed by atoms with Crippen LogP contribution >= 0.6 is 0 Å². The summed E-state index contributed by atoms with van der Waals surface area (Å²) in [6, 6.07) is 8.49. The van der Waals surface area contributed by atoms with Crippen molar-refractivity contribution in [3.63, 3.8) is 0 Å². The zero-order valence-electron chi connectivity index (χ0n) is 16.0. The van der Waals surface area contributed by atoms with E-state index in [0.717, 1.165) is 30.0 Å². The molecule has 0 bridgehead atoms. The second kappa shape index (κ2) is 8.30. The molecule has 3 rings (SSSR count). The van der Waals surface area contributed by atoms with Gasteiger partial charge in [-0.05, 0) is 57.2 Å². The van der Waals surface area contributed by atoms with Crippen LogP contribution in [0, 0.1) is 6.92 Å². The zero-order valence-corrected chi connectivity index (χ0v) is 16.0. The molecule has 0 N–H and O–H groups in total. The van der Waals surface area contributed by atoms with Gasteiger partial charge >= 0.3 is 0 Å². The molecule has 0 saturated carbocycles. The van der Waals surface area contributed by atoms with Gasteiger partial charge in [-0.1, -0.05) is 19.1 Å². The zero-order chi connectivity index (χ0) is 18.5. The number of hydrogen-bond acceptors (Lipinski definition) is 4. The quantitative estimate of drug-likeness (QED) is 0.808. The van der Waals surface area contributed by atoms with Crippen LogP contribution in [0.2, 0.25) is 0 Å². The van der Waals surface area contributed by atoms with Crippen molar-refractivity contribution in [3.8, 4) is 0 Å². The van der Waals surface area contributed by atoms with Gasteiger partial charge in [-0.15, -0.1) is 0 Å². The molecule has 1 unspecified atom stereocenters. The second-order valence-electron chi connectivity index (χ2n) is 6.90. The van der Waals surface area contributed by atoms with Crippen LogP contribution in [0.15, 0.2) is 36.7 Å². The molecule has 1 aromatic carbocycles. The Morgan fingerprint density at radius 1 is 1.23 bits per heavy atom. The lowest BCUT2D eigenvalue weighted by atomic mass is 10.0. The van der Waals surface area contributed by atoms with Gasteiger partial charge in [0.25, 0.3) is 5.91 Å². The molecule has 1 saturated heterocycles. The van der Waals surface area contributed by atoms with Gasteiger partial charge in [-0.25, -0.2) is 9.97 Å². The van der Waals surface area contributed by atoms with Crippen molar-refractivity contribution in [2.24, 2.45) is 0 Å². The molecule has 0 spiro atoms. The van der Waals surface area contributed by atoms with Crippen LogP contribution in [0.5, 0.6) is 0 Å².